The molecule has 0 aliphatic carbocycles. The molecule has 1 atom stereocenters. The zero-order chi connectivity index (χ0) is 12.6. The van der Waals surface area contributed by atoms with Gasteiger partial charge in [0.2, 0.25) is 0 Å². The van der Waals surface area contributed by atoms with Crippen LogP contribution in [-0.4, -0.2) is 33.7 Å². The second kappa shape index (κ2) is 7.19. The molecule has 0 spiro atoms. The molecule has 0 radical (unpaired) electrons. The molecular formula is C9H20N2O4. The first-order valence-corrected chi connectivity index (χ1v) is 4.63. The van der Waals surface area contributed by atoms with Gasteiger partial charge in [0, 0.05) is 0 Å². The lowest BCUT2D eigenvalue weighted by molar-refractivity contribution is -0.142. The van der Waals surface area contributed by atoms with Gasteiger partial charge in [-0.3, -0.25) is 9.59 Å². The minimum Gasteiger partial charge on any atom is -0.480 e. The van der Waals surface area contributed by atoms with E-state index in [1.165, 1.54) is 13.8 Å². The number of nitrogens with two attached hydrogens (primary N) is 2. The molecule has 90 valence electrons. The predicted octanol–water partition coefficient (Wildman–Crippen LogP) is 0.00670. The van der Waals surface area contributed by atoms with Gasteiger partial charge in [0.15, 0.2) is 0 Å². The van der Waals surface area contributed by atoms with Crippen LogP contribution in [0.15, 0.2) is 0 Å². The average Bonchev–Trinajstić information content (AvgIpc) is 2.03. The van der Waals surface area contributed by atoms with E-state index < -0.39 is 23.5 Å². The van der Waals surface area contributed by atoms with Gasteiger partial charge in [-0.25, -0.2) is 0 Å². The zero-order valence-electron chi connectivity index (χ0n) is 9.36. The van der Waals surface area contributed by atoms with Gasteiger partial charge in [-0.05, 0) is 20.3 Å². The topological polar surface area (TPSA) is 127 Å². The number of rotatable bonds is 4. The summed E-state index contributed by atoms with van der Waals surface area (Å²) in [4.78, 5) is 19.9. The van der Waals surface area contributed by atoms with E-state index in [-0.39, 0.29) is 0 Å². The molecule has 0 bridgehead atoms. The van der Waals surface area contributed by atoms with Crippen LogP contribution in [0.4, 0.5) is 0 Å². The first-order valence-electron chi connectivity index (χ1n) is 4.63. The molecule has 0 saturated heterocycles. The number of carbonyl (C=O) groups is 2. The Hall–Kier alpha value is -1.14. The summed E-state index contributed by atoms with van der Waals surface area (Å²) < 4.78 is 0. The highest BCUT2D eigenvalue weighted by atomic mass is 16.4. The summed E-state index contributed by atoms with van der Waals surface area (Å²) in [6.45, 7) is 4.79. The molecule has 0 heterocycles. The van der Waals surface area contributed by atoms with Crippen LogP contribution >= 0.6 is 0 Å². The van der Waals surface area contributed by atoms with Gasteiger partial charge in [-0.15, -0.1) is 0 Å². The predicted molar refractivity (Wildman–Crippen MR) is 56.4 cm³/mol. The highest BCUT2D eigenvalue weighted by Crippen LogP contribution is 1.93. The van der Waals surface area contributed by atoms with Crippen LogP contribution in [0.2, 0.25) is 0 Å². The normalized spacial score (nSPS) is 12.3. The number of carboxylic acid groups (broad SMARTS) is 2. The summed E-state index contributed by atoms with van der Waals surface area (Å²) in [5.41, 5.74) is 9.12. The van der Waals surface area contributed by atoms with E-state index in [1.807, 2.05) is 6.92 Å². The van der Waals surface area contributed by atoms with Crippen molar-refractivity contribution in [1.29, 1.82) is 0 Å². The van der Waals surface area contributed by atoms with Crippen LogP contribution in [0.25, 0.3) is 0 Å². The molecule has 0 aliphatic heterocycles. The first-order chi connectivity index (χ1) is 6.62. The zero-order valence-corrected chi connectivity index (χ0v) is 9.36. The summed E-state index contributed by atoms with van der Waals surface area (Å²) >= 11 is 0. The van der Waals surface area contributed by atoms with E-state index in [1.54, 1.807) is 0 Å². The second-order valence-electron chi connectivity index (χ2n) is 3.76. The van der Waals surface area contributed by atoms with Crippen molar-refractivity contribution >= 4 is 11.9 Å². The van der Waals surface area contributed by atoms with E-state index >= 15 is 0 Å². The van der Waals surface area contributed by atoms with Crippen molar-refractivity contribution in [2.24, 2.45) is 11.5 Å². The largest absolute Gasteiger partial charge is 0.480 e. The van der Waals surface area contributed by atoms with Crippen LogP contribution < -0.4 is 11.5 Å². The van der Waals surface area contributed by atoms with Crippen molar-refractivity contribution in [1.82, 2.24) is 0 Å². The number of aliphatic carboxylic acids is 2. The Labute approximate surface area is 89.3 Å². The monoisotopic (exact) mass is 220 g/mol. The van der Waals surface area contributed by atoms with Crippen LogP contribution in [0, 0.1) is 0 Å². The van der Waals surface area contributed by atoms with Crippen molar-refractivity contribution < 1.29 is 19.8 Å². The fourth-order valence-corrected chi connectivity index (χ4v) is 0.434. The minimum absolute atomic E-state index is 0.565. The molecule has 0 fully saturated rings. The molecule has 0 saturated carbocycles. The first kappa shape index (κ1) is 16.3. The lowest BCUT2D eigenvalue weighted by Crippen LogP contribution is -2.41. The van der Waals surface area contributed by atoms with Gasteiger partial charge in [-0.2, -0.15) is 0 Å². The van der Waals surface area contributed by atoms with Gasteiger partial charge in [0.25, 0.3) is 0 Å². The molecule has 0 aromatic carbocycles. The molecule has 0 aromatic rings. The third kappa shape index (κ3) is 10.8. The molecule has 0 amide bonds. The van der Waals surface area contributed by atoms with Crippen LogP contribution in [0.5, 0.6) is 0 Å². The maximum Gasteiger partial charge on any atom is 0.323 e. The summed E-state index contributed by atoms with van der Waals surface area (Å²) in [6, 6.07) is -0.667. The van der Waals surface area contributed by atoms with E-state index in [0.717, 1.165) is 6.42 Å². The number of hydrogen-bond donors (Lipinski definition) is 4. The van der Waals surface area contributed by atoms with E-state index in [0.29, 0.717) is 6.42 Å². The van der Waals surface area contributed by atoms with Gasteiger partial charge < -0.3 is 21.7 Å². The maximum atomic E-state index is 9.96. The molecule has 6 heteroatoms. The highest BCUT2D eigenvalue weighted by Gasteiger charge is 2.19. The van der Waals surface area contributed by atoms with Crippen molar-refractivity contribution in [2.75, 3.05) is 0 Å². The second-order valence-corrected chi connectivity index (χ2v) is 3.76. The van der Waals surface area contributed by atoms with Gasteiger partial charge in [-0.1, -0.05) is 13.3 Å². The number of hydrogen-bond acceptors (Lipinski definition) is 4. The van der Waals surface area contributed by atoms with E-state index in [2.05, 4.69) is 0 Å². The Morgan fingerprint density at radius 3 is 1.73 bits per heavy atom. The lowest BCUT2D eigenvalue weighted by Gasteiger charge is -2.09. The van der Waals surface area contributed by atoms with Crippen molar-refractivity contribution in [2.45, 2.75) is 45.2 Å². The molecule has 6 nitrogen and oxygen atoms in total. The summed E-state index contributed by atoms with van der Waals surface area (Å²) in [7, 11) is 0. The molecule has 0 aromatic heterocycles. The van der Waals surface area contributed by atoms with E-state index in [4.69, 9.17) is 21.7 Å². The SMILES string of the molecule is CC(C)(N)C(=O)O.CCCC(N)C(=O)O. The van der Waals surface area contributed by atoms with Gasteiger partial charge in [0.05, 0.1) is 0 Å². The Bertz CT molecular complexity index is 211. The Kier molecular flexibility index (Phi) is 7.81. The Balaban J connectivity index is 0. The smallest absolute Gasteiger partial charge is 0.323 e. The van der Waals surface area contributed by atoms with Crippen molar-refractivity contribution in [3.05, 3.63) is 0 Å². The third-order valence-electron chi connectivity index (χ3n) is 1.47. The molecule has 6 N–H and O–H groups in total. The lowest BCUT2D eigenvalue weighted by atomic mass is 10.1. The van der Waals surface area contributed by atoms with Crippen LogP contribution in [0.3, 0.4) is 0 Å². The quantitative estimate of drug-likeness (QED) is 0.528. The molecule has 15 heavy (non-hydrogen) atoms. The van der Waals surface area contributed by atoms with Gasteiger partial charge >= 0.3 is 11.9 Å². The molecule has 1 unspecified atom stereocenters. The van der Waals surface area contributed by atoms with Crippen LogP contribution in [-0.2, 0) is 9.59 Å². The third-order valence-corrected chi connectivity index (χ3v) is 1.47. The summed E-state index contributed by atoms with van der Waals surface area (Å²) in [5.74, 6) is -1.89. The van der Waals surface area contributed by atoms with Crippen molar-refractivity contribution in [3.8, 4) is 0 Å². The summed E-state index contributed by atoms with van der Waals surface area (Å²) in [6.07, 6.45) is 1.39. The van der Waals surface area contributed by atoms with Gasteiger partial charge in [0.1, 0.15) is 11.6 Å². The van der Waals surface area contributed by atoms with Crippen LogP contribution in [0.1, 0.15) is 33.6 Å². The molecule has 0 rings (SSSR count). The number of carboxylic acids is 2. The van der Waals surface area contributed by atoms with Crippen molar-refractivity contribution in [3.63, 3.8) is 0 Å². The maximum absolute atomic E-state index is 9.96. The van der Waals surface area contributed by atoms with E-state index in [9.17, 15) is 9.59 Å². The average molecular weight is 220 g/mol. The fourth-order valence-electron chi connectivity index (χ4n) is 0.434. The fraction of sp³-hybridized carbons (Fsp3) is 0.778. The Morgan fingerprint density at radius 2 is 1.67 bits per heavy atom. The molecule has 0 aliphatic rings. The summed E-state index contributed by atoms with van der Waals surface area (Å²) in [5, 5.41) is 16.3. The minimum atomic E-state index is -1.08. The Morgan fingerprint density at radius 1 is 1.33 bits per heavy atom. The highest BCUT2D eigenvalue weighted by molar-refractivity contribution is 5.77. The molecular weight excluding hydrogens is 200 g/mol. The standard InChI is InChI=1S/C5H11NO2.C4H9NO2/c1-2-3-4(6)5(7)8;1-4(2,5)3(6)7/h4H,2-3,6H2,1H3,(H,7,8);5H2,1-2H3,(H,6,7).